The SMILES string of the molecule is CCCC(N)C(=O)N(Cc1cc(F)ccc1F)C1CCCC1. The van der Waals surface area contributed by atoms with E-state index in [1.54, 1.807) is 4.90 Å². The zero-order valence-corrected chi connectivity index (χ0v) is 13.0. The van der Waals surface area contributed by atoms with Gasteiger partial charge in [-0.3, -0.25) is 4.79 Å². The molecule has 5 heteroatoms. The highest BCUT2D eigenvalue weighted by atomic mass is 19.1. The minimum Gasteiger partial charge on any atom is -0.334 e. The normalized spacial score (nSPS) is 16.7. The fraction of sp³-hybridized carbons (Fsp3) is 0.588. The molecule has 1 aliphatic rings. The standard InChI is InChI=1S/C17H24F2N2O/c1-2-5-16(20)17(22)21(14-6-3-4-7-14)11-12-10-13(18)8-9-15(12)19/h8-10,14,16H,2-7,11,20H2,1H3. The molecule has 0 bridgehead atoms. The van der Waals surface area contributed by atoms with E-state index in [1.807, 2.05) is 6.92 Å². The number of rotatable bonds is 6. The molecule has 0 radical (unpaired) electrons. The maximum atomic E-state index is 13.9. The molecule has 0 heterocycles. The van der Waals surface area contributed by atoms with Crippen molar-refractivity contribution in [2.75, 3.05) is 0 Å². The van der Waals surface area contributed by atoms with Gasteiger partial charge in [-0.25, -0.2) is 8.78 Å². The van der Waals surface area contributed by atoms with Crippen molar-refractivity contribution in [2.45, 2.75) is 64.1 Å². The molecule has 0 aliphatic heterocycles. The van der Waals surface area contributed by atoms with E-state index < -0.39 is 17.7 Å². The predicted octanol–water partition coefficient (Wildman–Crippen LogP) is 3.36. The van der Waals surface area contributed by atoms with E-state index in [0.717, 1.165) is 50.3 Å². The van der Waals surface area contributed by atoms with Crippen LogP contribution >= 0.6 is 0 Å². The summed E-state index contributed by atoms with van der Waals surface area (Å²) in [6, 6.07) is 2.87. The molecule has 2 N–H and O–H groups in total. The van der Waals surface area contributed by atoms with Crippen LogP contribution in [-0.2, 0) is 11.3 Å². The number of amides is 1. The highest BCUT2D eigenvalue weighted by Gasteiger charge is 2.30. The first kappa shape index (κ1) is 16.9. The second kappa shape index (κ2) is 7.68. The van der Waals surface area contributed by atoms with Crippen LogP contribution in [0.2, 0.25) is 0 Å². The molecule has 1 saturated carbocycles. The molecule has 1 aromatic rings. The third-order valence-corrected chi connectivity index (χ3v) is 4.31. The first-order chi connectivity index (χ1) is 10.5. The number of hydrogen-bond acceptors (Lipinski definition) is 2. The van der Waals surface area contributed by atoms with Crippen molar-refractivity contribution in [3.8, 4) is 0 Å². The van der Waals surface area contributed by atoms with Crippen LogP contribution < -0.4 is 5.73 Å². The van der Waals surface area contributed by atoms with Crippen LogP contribution in [0.15, 0.2) is 18.2 Å². The van der Waals surface area contributed by atoms with Crippen molar-refractivity contribution < 1.29 is 13.6 Å². The minimum atomic E-state index is -0.567. The molecule has 1 aliphatic carbocycles. The summed E-state index contributed by atoms with van der Waals surface area (Å²) in [5.41, 5.74) is 6.17. The lowest BCUT2D eigenvalue weighted by Crippen LogP contribution is -2.47. The first-order valence-corrected chi connectivity index (χ1v) is 8.03. The van der Waals surface area contributed by atoms with Gasteiger partial charge in [-0.15, -0.1) is 0 Å². The van der Waals surface area contributed by atoms with Crippen molar-refractivity contribution in [3.05, 3.63) is 35.4 Å². The summed E-state index contributed by atoms with van der Waals surface area (Å²) in [5, 5.41) is 0. The van der Waals surface area contributed by atoms with Crippen molar-refractivity contribution in [1.29, 1.82) is 0 Å². The number of carbonyl (C=O) groups excluding carboxylic acids is 1. The van der Waals surface area contributed by atoms with Crippen LogP contribution in [0.4, 0.5) is 8.78 Å². The van der Waals surface area contributed by atoms with Gasteiger partial charge in [0.05, 0.1) is 6.04 Å². The minimum absolute atomic E-state index is 0.0815. The Balaban J connectivity index is 2.20. The molecule has 2 rings (SSSR count). The van der Waals surface area contributed by atoms with Crippen molar-refractivity contribution in [2.24, 2.45) is 5.73 Å². The average molecular weight is 310 g/mol. The molecular weight excluding hydrogens is 286 g/mol. The molecule has 0 aromatic heterocycles. The van der Waals surface area contributed by atoms with Crippen molar-refractivity contribution in [1.82, 2.24) is 4.90 Å². The summed E-state index contributed by atoms with van der Waals surface area (Å²) < 4.78 is 27.3. The molecule has 22 heavy (non-hydrogen) atoms. The van der Waals surface area contributed by atoms with E-state index in [1.165, 1.54) is 0 Å². The summed E-state index contributed by atoms with van der Waals surface area (Å²) in [5.74, 6) is -1.13. The average Bonchev–Trinajstić information content (AvgIpc) is 3.01. The van der Waals surface area contributed by atoms with Gasteiger partial charge in [0.25, 0.3) is 0 Å². The van der Waals surface area contributed by atoms with E-state index in [2.05, 4.69) is 0 Å². The smallest absolute Gasteiger partial charge is 0.240 e. The van der Waals surface area contributed by atoms with Gasteiger partial charge in [-0.1, -0.05) is 26.2 Å². The van der Waals surface area contributed by atoms with Crippen LogP contribution in [0.25, 0.3) is 0 Å². The Hall–Kier alpha value is -1.49. The lowest BCUT2D eigenvalue weighted by atomic mass is 10.1. The molecule has 1 unspecified atom stereocenters. The van der Waals surface area contributed by atoms with Gasteiger partial charge in [0.15, 0.2) is 0 Å². The third kappa shape index (κ3) is 4.03. The maximum Gasteiger partial charge on any atom is 0.240 e. The van der Waals surface area contributed by atoms with E-state index in [0.29, 0.717) is 6.42 Å². The van der Waals surface area contributed by atoms with Gasteiger partial charge in [0, 0.05) is 18.2 Å². The van der Waals surface area contributed by atoms with Gasteiger partial charge >= 0.3 is 0 Å². The summed E-state index contributed by atoms with van der Waals surface area (Å²) in [4.78, 5) is 14.3. The lowest BCUT2D eigenvalue weighted by molar-refractivity contribution is -0.135. The molecule has 122 valence electrons. The van der Waals surface area contributed by atoms with Crippen LogP contribution in [-0.4, -0.2) is 22.9 Å². The quantitative estimate of drug-likeness (QED) is 0.875. The summed E-state index contributed by atoms with van der Waals surface area (Å²) in [7, 11) is 0. The molecule has 1 aromatic carbocycles. The zero-order chi connectivity index (χ0) is 16.1. The van der Waals surface area contributed by atoms with Crippen LogP contribution in [0.5, 0.6) is 0 Å². The van der Waals surface area contributed by atoms with Crippen LogP contribution in [0, 0.1) is 11.6 Å². The molecule has 0 saturated heterocycles. The van der Waals surface area contributed by atoms with Gasteiger partial charge in [-0.2, -0.15) is 0 Å². The number of nitrogens with zero attached hydrogens (tertiary/aromatic N) is 1. The highest BCUT2D eigenvalue weighted by molar-refractivity contribution is 5.82. The lowest BCUT2D eigenvalue weighted by Gasteiger charge is -2.31. The Kier molecular flexibility index (Phi) is 5.89. The Morgan fingerprint density at radius 2 is 2.05 bits per heavy atom. The van der Waals surface area contributed by atoms with Gasteiger partial charge in [0.1, 0.15) is 11.6 Å². The van der Waals surface area contributed by atoms with Gasteiger partial charge in [-0.05, 0) is 37.5 Å². The van der Waals surface area contributed by atoms with E-state index >= 15 is 0 Å². The molecular formula is C17H24F2N2O. The molecule has 1 fully saturated rings. The van der Waals surface area contributed by atoms with Crippen molar-refractivity contribution >= 4 is 5.91 Å². The third-order valence-electron chi connectivity index (χ3n) is 4.31. The molecule has 1 atom stereocenters. The fourth-order valence-corrected chi connectivity index (χ4v) is 3.10. The Bertz CT molecular complexity index is 515. The zero-order valence-electron chi connectivity index (χ0n) is 13.0. The Morgan fingerprint density at radius 3 is 2.68 bits per heavy atom. The Labute approximate surface area is 130 Å². The second-order valence-corrected chi connectivity index (χ2v) is 6.04. The number of hydrogen-bond donors (Lipinski definition) is 1. The monoisotopic (exact) mass is 310 g/mol. The summed E-state index contributed by atoms with van der Waals surface area (Å²) in [6.07, 6.45) is 5.35. The van der Waals surface area contributed by atoms with E-state index in [-0.39, 0.29) is 24.1 Å². The van der Waals surface area contributed by atoms with Gasteiger partial charge < -0.3 is 10.6 Å². The highest BCUT2D eigenvalue weighted by Crippen LogP contribution is 2.26. The van der Waals surface area contributed by atoms with Crippen molar-refractivity contribution in [3.63, 3.8) is 0 Å². The summed E-state index contributed by atoms with van der Waals surface area (Å²) in [6.45, 7) is 2.06. The first-order valence-electron chi connectivity index (χ1n) is 8.03. The largest absolute Gasteiger partial charge is 0.334 e. The number of carbonyl (C=O) groups is 1. The predicted molar refractivity (Wildman–Crippen MR) is 82.0 cm³/mol. The molecule has 0 spiro atoms. The summed E-state index contributed by atoms with van der Waals surface area (Å²) >= 11 is 0. The topological polar surface area (TPSA) is 46.3 Å². The second-order valence-electron chi connectivity index (χ2n) is 6.04. The number of halogens is 2. The molecule has 1 amide bonds. The van der Waals surface area contributed by atoms with Crippen LogP contribution in [0.3, 0.4) is 0 Å². The maximum absolute atomic E-state index is 13.9. The Morgan fingerprint density at radius 1 is 1.36 bits per heavy atom. The number of nitrogens with two attached hydrogens (primary N) is 1. The van der Waals surface area contributed by atoms with Crippen LogP contribution in [0.1, 0.15) is 51.0 Å². The fourth-order valence-electron chi connectivity index (χ4n) is 3.10. The van der Waals surface area contributed by atoms with E-state index in [9.17, 15) is 13.6 Å². The number of benzene rings is 1. The molecule has 3 nitrogen and oxygen atoms in total. The van der Waals surface area contributed by atoms with Gasteiger partial charge in [0.2, 0.25) is 5.91 Å². The van der Waals surface area contributed by atoms with E-state index in [4.69, 9.17) is 5.73 Å².